The van der Waals surface area contributed by atoms with E-state index in [1.54, 1.807) is 0 Å². The van der Waals surface area contributed by atoms with Crippen LogP contribution < -0.4 is 4.90 Å². The van der Waals surface area contributed by atoms with E-state index in [0.29, 0.717) is 0 Å². The van der Waals surface area contributed by atoms with Crippen LogP contribution in [0.2, 0.25) is 0 Å². The van der Waals surface area contributed by atoms with E-state index in [2.05, 4.69) is 231 Å². The Labute approximate surface area is 372 Å². The van der Waals surface area contributed by atoms with Gasteiger partial charge in [-0.25, -0.2) is 0 Å². The fourth-order valence-corrected chi connectivity index (χ4v) is 12.1. The highest BCUT2D eigenvalue weighted by atomic mass is 16.3. The molecule has 1 aromatic heterocycles. The minimum atomic E-state index is -0.443. The lowest BCUT2D eigenvalue weighted by Gasteiger charge is -2.30. The van der Waals surface area contributed by atoms with Gasteiger partial charge in [0.25, 0.3) is 0 Å². The van der Waals surface area contributed by atoms with Crippen LogP contribution in [0, 0.1) is 0 Å². The van der Waals surface area contributed by atoms with Gasteiger partial charge in [-0.3, -0.25) is 0 Å². The van der Waals surface area contributed by atoms with Crippen molar-refractivity contribution in [1.82, 2.24) is 0 Å². The summed E-state index contributed by atoms with van der Waals surface area (Å²) in [6.45, 7) is 4.70. The number of benzene rings is 10. The van der Waals surface area contributed by atoms with E-state index in [1.165, 1.54) is 77.5 Å². The summed E-state index contributed by atoms with van der Waals surface area (Å²) in [5, 5.41) is 4.57. The molecule has 0 fully saturated rings. The van der Waals surface area contributed by atoms with Crippen LogP contribution in [-0.2, 0) is 10.8 Å². The zero-order chi connectivity index (χ0) is 42.3. The first-order valence-corrected chi connectivity index (χ1v) is 22.4. The smallest absolute Gasteiger partial charge is 0.159 e. The molecule has 3 aliphatic rings. The van der Waals surface area contributed by atoms with Crippen LogP contribution in [-0.4, -0.2) is 0 Å². The van der Waals surface area contributed by atoms with Crippen molar-refractivity contribution in [2.75, 3.05) is 4.90 Å². The first-order valence-electron chi connectivity index (χ1n) is 22.4. The number of nitrogens with zero attached hydrogens (tertiary/aromatic N) is 1. The van der Waals surface area contributed by atoms with Crippen molar-refractivity contribution in [2.45, 2.75) is 24.7 Å². The summed E-state index contributed by atoms with van der Waals surface area (Å²) in [4.78, 5) is 2.38. The Hall–Kier alpha value is -7.94. The van der Waals surface area contributed by atoms with Gasteiger partial charge in [-0.05, 0) is 126 Å². The van der Waals surface area contributed by atoms with Crippen molar-refractivity contribution in [3.63, 3.8) is 0 Å². The highest BCUT2D eigenvalue weighted by molar-refractivity contribution is 6.20. The molecule has 11 aromatic rings. The molecule has 2 heteroatoms. The van der Waals surface area contributed by atoms with Gasteiger partial charge in [0, 0.05) is 33.1 Å². The molecular formula is C62H41NO. The molecule has 0 aliphatic heterocycles. The minimum absolute atomic E-state index is 0.136. The molecule has 300 valence electrons. The lowest BCUT2D eigenvalue weighted by atomic mass is 9.70. The van der Waals surface area contributed by atoms with Crippen LogP contribution >= 0.6 is 0 Å². The summed E-state index contributed by atoms with van der Waals surface area (Å²) in [5.74, 6) is 0. The van der Waals surface area contributed by atoms with Crippen molar-refractivity contribution in [1.29, 1.82) is 0 Å². The largest absolute Gasteiger partial charge is 0.453 e. The second-order valence-corrected chi connectivity index (χ2v) is 18.3. The highest BCUT2D eigenvalue weighted by Crippen LogP contribution is 2.63. The van der Waals surface area contributed by atoms with Gasteiger partial charge in [-0.2, -0.15) is 0 Å². The van der Waals surface area contributed by atoms with Gasteiger partial charge in [0.1, 0.15) is 5.58 Å². The number of anilines is 3. The number of hydrogen-bond donors (Lipinski definition) is 0. The first kappa shape index (κ1) is 35.6. The molecule has 10 aromatic carbocycles. The third kappa shape index (κ3) is 4.54. The van der Waals surface area contributed by atoms with Crippen molar-refractivity contribution in [3.05, 3.63) is 246 Å². The Kier molecular flexibility index (Phi) is 7.13. The summed E-state index contributed by atoms with van der Waals surface area (Å²) < 4.78 is 7.45. The highest BCUT2D eigenvalue weighted by Gasteiger charge is 2.51. The van der Waals surface area contributed by atoms with E-state index < -0.39 is 5.41 Å². The lowest BCUT2D eigenvalue weighted by molar-refractivity contribution is 0.660. The molecule has 0 unspecified atom stereocenters. The third-order valence-corrected chi connectivity index (χ3v) is 14.9. The summed E-state index contributed by atoms with van der Waals surface area (Å²) in [6.07, 6.45) is 0. The second-order valence-electron chi connectivity index (χ2n) is 18.3. The molecule has 0 N–H and O–H groups in total. The summed E-state index contributed by atoms with van der Waals surface area (Å²) in [6, 6.07) is 78.7. The van der Waals surface area contributed by atoms with E-state index in [-0.39, 0.29) is 5.41 Å². The number of rotatable bonds is 4. The van der Waals surface area contributed by atoms with Gasteiger partial charge in [-0.15, -0.1) is 0 Å². The van der Waals surface area contributed by atoms with Crippen molar-refractivity contribution in [3.8, 4) is 44.5 Å². The Morgan fingerprint density at radius 2 is 0.906 bits per heavy atom. The van der Waals surface area contributed by atoms with E-state index >= 15 is 0 Å². The van der Waals surface area contributed by atoms with Crippen LogP contribution in [0.1, 0.15) is 47.2 Å². The predicted octanol–water partition coefficient (Wildman–Crippen LogP) is 16.5. The van der Waals surface area contributed by atoms with Gasteiger partial charge >= 0.3 is 0 Å². The minimum Gasteiger partial charge on any atom is -0.453 e. The van der Waals surface area contributed by atoms with Gasteiger partial charge < -0.3 is 9.32 Å². The molecule has 14 rings (SSSR count). The fraction of sp³-hybridized carbons (Fsp3) is 0.0645. The Bertz CT molecular complexity index is 3710. The Morgan fingerprint density at radius 3 is 1.61 bits per heavy atom. The van der Waals surface area contributed by atoms with Crippen LogP contribution in [0.3, 0.4) is 0 Å². The third-order valence-electron chi connectivity index (χ3n) is 14.9. The number of para-hydroxylation sites is 2. The first-order chi connectivity index (χ1) is 31.5. The van der Waals surface area contributed by atoms with E-state index in [4.69, 9.17) is 4.42 Å². The summed E-state index contributed by atoms with van der Waals surface area (Å²) in [5.41, 5.74) is 22.5. The number of furan rings is 1. The molecule has 0 saturated carbocycles. The van der Waals surface area contributed by atoms with Crippen LogP contribution in [0.15, 0.2) is 217 Å². The molecule has 0 amide bonds. The number of hydrogen-bond acceptors (Lipinski definition) is 2. The average Bonchev–Trinajstić information content (AvgIpc) is 4.03. The maximum absolute atomic E-state index is 7.45. The molecule has 3 aliphatic carbocycles. The SMILES string of the molecule is CC1(C)c2ccccc2-c2ccc(N(c3ccccc3)c3cccc4c3oc3c(-c5ccc6c(c5)C5(c7ccccc7-c7ccccc75)c5ccccc5-6)c5ccccc5cc34)cc21. The van der Waals surface area contributed by atoms with Gasteiger partial charge in [0.05, 0.1) is 11.1 Å². The van der Waals surface area contributed by atoms with Crippen molar-refractivity contribution in [2.24, 2.45) is 0 Å². The van der Waals surface area contributed by atoms with Gasteiger partial charge in [0.15, 0.2) is 5.58 Å². The normalized spacial score (nSPS) is 14.3. The van der Waals surface area contributed by atoms with E-state index in [0.717, 1.165) is 50.1 Å². The molecule has 1 heterocycles. The van der Waals surface area contributed by atoms with Crippen molar-refractivity contribution < 1.29 is 4.42 Å². The van der Waals surface area contributed by atoms with Gasteiger partial charge in [-0.1, -0.05) is 184 Å². The van der Waals surface area contributed by atoms with Crippen molar-refractivity contribution >= 4 is 49.8 Å². The molecule has 2 nitrogen and oxygen atoms in total. The Morgan fingerprint density at radius 1 is 0.359 bits per heavy atom. The van der Waals surface area contributed by atoms with Crippen LogP contribution in [0.25, 0.3) is 77.2 Å². The molecular weight excluding hydrogens is 775 g/mol. The zero-order valence-corrected chi connectivity index (χ0v) is 35.6. The second kappa shape index (κ2) is 12.8. The Balaban J connectivity index is 1.02. The quantitative estimate of drug-likeness (QED) is 0.176. The number of fused-ring (bicyclic) bond motifs is 17. The lowest BCUT2D eigenvalue weighted by Crippen LogP contribution is -2.25. The molecule has 64 heavy (non-hydrogen) atoms. The van der Waals surface area contributed by atoms with Crippen LogP contribution in [0.5, 0.6) is 0 Å². The maximum Gasteiger partial charge on any atom is 0.159 e. The van der Waals surface area contributed by atoms with E-state index in [9.17, 15) is 0 Å². The standard InChI is InChI=1S/C62H41NO/c1-61(2)51-26-12-8-21-43(51)47-34-32-41(37-55(47)61)63(40-18-4-3-5-19-40)57-30-16-25-49-50-35-38-17-6-7-20-42(38)58(60(50)64-59(49)57)39-31-33-48-46-24-11-15-29-54(46)62(56(48)36-39)52-27-13-9-22-44(52)45-23-10-14-28-53(45)62/h3-37H,1-2H3. The molecule has 0 radical (unpaired) electrons. The molecule has 0 saturated heterocycles. The summed E-state index contributed by atoms with van der Waals surface area (Å²) >= 11 is 0. The topological polar surface area (TPSA) is 16.4 Å². The van der Waals surface area contributed by atoms with E-state index in [1.807, 2.05) is 0 Å². The zero-order valence-electron chi connectivity index (χ0n) is 35.6. The van der Waals surface area contributed by atoms with Gasteiger partial charge in [0.2, 0.25) is 0 Å². The average molecular weight is 816 g/mol. The molecule has 0 atom stereocenters. The fourth-order valence-electron chi connectivity index (χ4n) is 12.1. The predicted molar refractivity (Wildman–Crippen MR) is 265 cm³/mol. The monoisotopic (exact) mass is 815 g/mol. The molecule has 1 spiro atoms. The maximum atomic E-state index is 7.45. The molecule has 0 bridgehead atoms. The van der Waals surface area contributed by atoms with Crippen LogP contribution in [0.4, 0.5) is 17.1 Å². The summed E-state index contributed by atoms with van der Waals surface area (Å²) in [7, 11) is 0.